The van der Waals surface area contributed by atoms with Gasteiger partial charge in [-0.1, -0.05) is 24.3 Å². The van der Waals surface area contributed by atoms with E-state index in [1.807, 2.05) is 19.9 Å². The number of carboxylic acid groups (broad SMARTS) is 1. The molecule has 0 aromatic heterocycles. The minimum Gasteiger partial charge on any atom is -0.481 e. The Morgan fingerprint density at radius 3 is 2.71 bits per heavy atom. The average Bonchev–Trinajstić information content (AvgIpc) is 2.64. The quantitative estimate of drug-likeness (QED) is 0.921. The van der Waals surface area contributed by atoms with Gasteiger partial charge in [0.1, 0.15) is 0 Å². The largest absolute Gasteiger partial charge is 0.481 e. The molecule has 1 atom stereocenters. The third-order valence-corrected chi connectivity index (χ3v) is 4.66. The minimum atomic E-state index is -0.724. The lowest BCUT2D eigenvalue weighted by atomic mass is 9.80. The van der Waals surface area contributed by atoms with Crippen LogP contribution in [0.2, 0.25) is 0 Å². The third kappa shape index (κ3) is 4.07. The Morgan fingerprint density at radius 1 is 1.29 bits per heavy atom. The van der Waals surface area contributed by atoms with Crippen molar-refractivity contribution >= 4 is 5.97 Å². The van der Waals surface area contributed by atoms with Crippen LogP contribution in [0.5, 0.6) is 0 Å². The van der Waals surface area contributed by atoms with Crippen molar-refractivity contribution < 1.29 is 9.90 Å². The first kappa shape index (κ1) is 16.0. The molecule has 0 spiro atoms. The summed E-state index contributed by atoms with van der Waals surface area (Å²) in [7, 11) is 2.18. The van der Waals surface area contributed by atoms with Gasteiger partial charge in [-0.05, 0) is 76.7 Å². The highest BCUT2D eigenvalue weighted by molar-refractivity contribution is 5.74. The molecule has 1 aliphatic rings. The SMILES string of the molecule is CN1CCCC(c2ccccc2CC(C)(C)C(=O)O)CC1. The predicted molar refractivity (Wildman–Crippen MR) is 85.7 cm³/mol. The smallest absolute Gasteiger partial charge is 0.309 e. The number of likely N-dealkylation sites (tertiary alicyclic amines) is 1. The van der Waals surface area contributed by atoms with Crippen LogP contribution in [0.4, 0.5) is 0 Å². The molecule has 3 heteroatoms. The molecular weight excluding hydrogens is 262 g/mol. The van der Waals surface area contributed by atoms with Crippen molar-refractivity contribution in [1.29, 1.82) is 0 Å². The monoisotopic (exact) mass is 289 g/mol. The van der Waals surface area contributed by atoms with E-state index >= 15 is 0 Å². The van der Waals surface area contributed by atoms with Gasteiger partial charge in [-0.15, -0.1) is 0 Å². The second-order valence-electron chi connectivity index (χ2n) is 7.00. The highest BCUT2D eigenvalue weighted by atomic mass is 16.4. The van der Waals surface area contributed by atoms with Gasteiger partial charge in [0.2, 0.25) is 0 Å². The van der Waals surface area contributed by atoms with E-state index in [-0.39, 0.29) is 0 Å². The molecule has 1 aromatic rings. The molecule has 0 saturated carbocycles. The maximum atomic E-state index is 11.4. The normalized spacial score (nSPS) is 21.0. The van der Waals surface area contributed by atoms with Gasteiger partial charge in [-0.3, -0.25) is 4.79 Å². The Bertz CT molecular complexity index is 496. The fourth-order valence-electron chi connectivity index (χ4n) is 3.20. The van der Waals surface area contributed by atoms with Crippen LogP contribution in [0.3, 0.4) is 0 Å². The average molecular weight is 289 g/mol. The van der Waals surface area contributed by atoms with Gasteiger partial charge >= 0.3 is 5.97 Å². The first-order valence-electron chi connectivity index (χ1n) is 7.90. The molecule has 1 unspecified atom stereocenters. The first-order chi connectivity index (χ1) is 9.90. The second kappa shape index (κ2) is 6.61. The van der Waals surface area contributed by atoms with Crippen LogP contribution in [-0.2, 0) is 11.2 Å². The van der Waals surface area contributed by atoms with Crippen molar-refractivity contribution in [3.63, 3.8) is 0 Å². The van der Waals surface area contributed by atoms with Gasteiger partial charge < -0.3 is 10.0 Å². The zero-order valence-corrected chi connectivity index (χ0v) is 13.4. The van der Waals surface area contributed by atoms with Crippen LogP contribution < -0.4 is 0 Å². The van der Waals surface area contributed by atoms with E-state index in [0.717, 1.165) is 6.54 Å². The van der Waals surface area contributed by atoms with E-state index in [9.17, 15) is 9.90 Å². The third-order valence-electron chi connectivity index (χ3n) is 4.66. The Kier molecular flexibility index (Phi) is 5.04. The molecule has 1 aromatic carbocycles. The van der Waals surface area contributed by atoms with Crippen molar-refractivity contribution in [3.05, 3.63) is 35.4 Å². The zero-order chi connectivity index (χ0) is 15.5. The molecule has 1 fully saturated rings. The van der Waals surface area contributed by atoms with Crippen molar-refractivity contribution in [3.8, 4) is 0 Å². The van der Waals surface area contributed by atoms with Crippen LogP contribution in [0.1, 0.15) is 50.2 Å². The van der Waals surface area contributed by atoms with Crippen molar-refractivity contribution in [2.24, 2.45) is 5.41 Å². The second-order valence-corrected chi connectivity index (χ2v) is 7.00. The summed E-state index contributed by atoms with van der Waals surface area (Å²) in [5.74, 6) is -0.159. The molecule has 0 bridgehead atoms. The molecule has 0 radical (unpaired) electrons. The topological polar surface area (TPSA) is 40.5 Å². The highest BCUT2D eigenvalue weighted by Gasteiger charge is 2.29. The van der Waals surface area contributed by atoms with E-state index < -0.39 is 11.4 Å². The molecule has 1 aliphatic heterocycles. The number of benzene rings is 1. The molecule has 0 aliphatic carbocycles. The Morgan fingerprint density at radius 2 is 2.00 bits per heavy atom. The lowest BCUT2D eigenvalue weighted by Gasteiger charge is -2.24. The van der Waals surface area contributed by atoms with Crippen LogP contribution in [0, 0.1) is 5.41 Å². The molecule has 116 valence electrons. The number of hydrogen-bond donors (Lipinski definition) is 1. The number of aliphatic carboxylic acids is 1. The van der Waals surface area contributed by atoms with E-state index in [2.05, 4.69) is 30.1 Å². The summed E-state index contributed by atoms with van der Waals surface area (Å²) in [6, 6.07) is 8.42. The van der Waals surface area contributed by atoms with Crippen molar-refractivity contribution in [1.82, 2.24) is 4.90 Å². The van der Waals surface area contributed by atoms with Crippen molar-refractivity contribution in [2.45, 2.75) is 45.4 Å². The zero-order valence-electron chi connectivity index (χ0n) is 13.4. The Labute approximate surface area is 128 Å². The standard InChI is InChI=1S/C18H27NO2/c1-18(2,17(20)21)13-15-7-4-5-9-16(15)14-8-6-11-19(3)12-10-14/h4-5,7,9,14H,6,8,10-13H2,1-3H3,(H,20,21). The summed E-state index contributed by atoms with van der Waals surface area (Å²) in [6.45, 7) is 5.92. The lowest BCUT2D eigenvalue weighted by Crippen LogP contribution is -2.27. The first-order valence-corrected chi connectivity index (χ1v) is 7.90. The maximum absolute atomic E-state index is 11.4. The van der Waals surface area contributed by atoms with Gasteiger partial charge in [-0.2, -0.15) is 0 Å². The number of hydrogen-bond acceptors (Lipinski definition) is 2. The summed E-state index contributed by atoms with van der Waals surface area (Å²) in [5, 5.41) is 9.38. The fraction of sp³-hybridized carbons (Fsp3) is 0.611. The highest BCUT2D eigenvalue weighted by Crippen LogP contribution is 2.33. The number of carboxylic acids is 1. The fourth-order valence-corrected chi connectivity index (χ4v) is 3.20. The summed E-state index contributed by atoms with van der Waals surface area (Å²) in [4.78, 5) is 13.8. The molecule has 1 heterocycles. The van der Waals surface area contributed by atoms with Crippen LogP contribution >= 0.6 is 0 Å². The van der Waals surface area contributed by atoms with E-state index in [1.54, 1.807) is 0 Å². The van der Waals surface area contributed by atoms with E-state index in [1.165, 1.54) is 36.9 Å². The Hall–Kier alpha value is -1.35. The molecule has 1 N–H and O–H groups in total. The number of rotatable bonds is 4. The van der Waals surface area contributed by atoms with Crippen LogP contribution in [-0.4, -0.2) is 36.1 Å². The van der Waals surface area contributed by atoms with Gasteiger partial charge in [0.05, 0.1) is 5.41 Å². The molecule has 2 rings (SSSR count). The molecule has 1 saturated heterocycles. The van der Waals surface area contributed by atoms with Gasteiger partial charge in [0.25, 0.3) is 0 Å². The molecule has 3 nitrogen and oxygen atoms in total. The molecular formula is C18H27NO2. The van der Waals surface area contributed by atoms with E-state index in [4.69, 9.17) is 0 Å². The molecule has 0 amide bonds. The predicted octanol–water partition coefficient (Wildman–Crippen LogP) is 3.54. The summed E-state index contributed by atoms with van der Waals surface area (Å²) in [5.41, 5.74) is 1.86. The van der Waals surface area contributed by atoms with Gasteiger partial charge in [0.15, 0.2) is 0 Å². The molecule has 21 heavy (non-hydrogen) atoms. The van der Waals surface area contributed by atoms with E-state index in [0.29, 0.717) is 12.3 Å². The lowest BCUT2D eigenvalue weighted by molar-refractivity contribution is -0.146. The number of nitrogens with zero attached hydrogens (tertiary/aromatic N) is 1. The van der Waals surface area contributed by atoms with Gasteiger partial charge in [0, 0.05) is 0 Å². The summed E-state index contributed by atoms with van der Waals surface area (Å²) < 4.78 is 0. The summed E-state index contributed by atoms with van der Waals surface area (Å²) >= 11 is 0. The van der Waals surface area contributed by atoms with Gasteiger partial charge in [-0.25, -0.2) is 0 Å². The number of carbonyl (C=O) groups is 1. The maximum Gasteiger partial charge on any atom is 0.309 e. The van der Waals surface area contributed by atoms with Crippen molar-refractivity contribution in [2.75, 3.05) is 20.1 Å². The summed E-state index contributed by atoms with van der Waals surface area (Å²) in [6.07, 6.45) is 4.19. The van der Waals surface area contributed by atoms with Crippen LogP contribution in [0.25, 0.3) is 0 Å². The Balaban J connectivity index is 2.22. The van der Waals surface area contributed by atoms with Crippen LogP contribution in [0.15, 0.2) is 24.3 Å². The minimum absolute atomic E-state index is 0.566.